The van der Waals surface area contributed by atoms with Crippen molar-refractivity contribution in [2.45, 2.75) is 13.3 Å². The van der Waals surface area contributed by atoms with Gasteiger partial charge >= 0.3 is 0 Å². The molecule has 22 heavy (non-hydrogen) atoms. The number of carbonyl (C=O) groups excluding carboxylic acids is 1. The Morgan fingerprint density at radius 1 is 1.23 bits per heavy atom. The molecule has 1 aromatic carbocycles. The summed E-state index contributed by atoms with van der Waals surface area (Å²) < 4.78 is 0. The zero-order valence-corrected chi connectivity index (χ0v) is 12.0. The summed E-state index contributed by atoms with van der Waals surface area (Å²) in [7, 11) is 0. The first-order chi connectivity index (χ1) is 10.6. The summed E-state index contributed by atoms with van der Waals surface area (Å²) in [6.07, 6.45) is 2.30. The third-order valence-corrected chi connectivity index (χ3v) is 3.48. The minimum atomic E-state index is -0.601. The summed E-state index contributed by atoms with van der Waals surface area (Å²) in [4.78, 5) is 30.1. The third kappa shape index (κ3) is 2.48. The average Bonchev–Trinajstić information content (AvgIpc) is 2.47. The fraction of sp³-hybridized carbons (Fsp3) is 0.118. The van der Waals surface area contributed by atoms with Crippen LogP contribution in [0, 0.1) is 0 Å². The number of aromatic amines is 1. The van der Waals surface area contributed by atoms with Gasteiger partial charge in [-0.25, -0.2) is 0 Å². The van der Waals surface area contributed by atoms with Crippen molar-refractivity contribution in [3.63, 3.8) is 0 Å². The van der Waals surface area contributed by atoms with Crippen LogP contribution in [0.3, 0.4) is 0 Å². The number of Topliss-reactive ketones (excluding diaryl/α,β-unsaturated/α-hetero) is 1. The zero-order valence-electron chi connectivity index (χ0n) is 12.0. The second-order valence-electron chi connectivity index (χ2n) is 5.14. The normalized spacial score (nSPS) is 10.8. The number of aromatic nitrogens is 2. The fourth-order valence-electron chi connectivity index (χ4n) is 2.46. The lowest BCUT2D eigenvalue weighted by Gasteiger charge is -2.07. The van der Waals surface area contributed by atoms with Crippen molar-refractivity contribution in [1.82, 2.24) is 9.97 Å². The van der Waals surface area contributed by atoms with Gasteiger partial charge in [0.2, 0.25) is 0 Å². The van der Waals surface area contributed by atoms with E-state index >= 15 is 0 Å². The zero-order chi connectivity index (χ0) is 15.7. The summed E-state index contributed by atoms with van der Waals surface area (Å²) in [6.45, 7) is 1.24. The van der Waals surface area contributed by atoms with Crippen LogP contribution in [-0.4, -0.2) is 20.9 Å². The van der Waals surface area contributed by atoms with Crippen LogP contribution in [0.25, 0.3) is 11.0 Å². The number of aromatic hydroxyl groups is 1. The number of fused-ring (bicyclic) bond motifs is 1. The van der Waals surface area contributed by atoms with Crippen LogP contribution in [0.2, 0.25) is 0 Å². The first kappa shape index (κ1) is 14.0. The van der Waals surface area contributed by atoms with Gasteiger partial charge in [0.1, 0.15) is 11.1 Å². The Morgan fingerprint density at radius 3 is 2.64 bits per heavy atom. The fourth-order valence-corrected chi connectivity index (χ4v) is 2.46. The second-order valence-corrected chi connectivity index (χ2v) is 5.14. The molecule has 0 aliphatic carbocycles. The van der Waals surface area contributed by atoms with Gasteiger partial charge in [-0.1, -0.05) is 30.3 Å². The van der Waals surface area contributed by atoms with Crippen LogP contribution in [0.15, 0.2) is 47.4 Å². The van der Waals surface area contributed by atoms with Crippen LogP contribution in [0.4, 0.5) is 0 Å². The molecule has 0 aliphatic rings. The van der Waals surface area contributed by atoms with Crippen molar-refractivity contribution < 1.29 is 9.90 Å². The third-order valence-electron chi connectivity index (χ3n) is 3.48. The first-order valence-corrected chi connectivity index (χ1v) is 6.85. The molecular formula is C17H14N2O3. The molecule has 0 atom stereocenters. The molecule has 2 aromatic heterocycles. The number of H-pyrrole nitrogens is 1. The van der Waals surface area contributed by atoms with E-state index in [1.54, 1.807) is 12.3 Å². The van der Waals surface area contributed by atoms with Gasteiger partial charge in [0, 0.05) is 6.20 Å². The molecule has 3 aromatic rings. The van der Waals surface area contributed by atoms with E-state index in [1.807, 2.05) is 30.3 Å². The monoisotopic (exact) mass is 294 g/mol. The minimum Gasteiger partial charge on any atom is -0.505 e. The Balaban J connectivity index is 2.10. The predicted octanol–water partition coefficient (Wildman–Crippen LogP) is 2.42. The van der Waals surface area contributed by atoms with E-state index in [0.29, 0.717) is 11.9 Å². The van der Waals surface area contributed by atoms with Gasteiger partial charge in [0.15, 0.2) is 11.5 Å². The smallest absolute Gasteiger partial charge is 0.263 e. The van der Waals surface area contributed by atoms with E-state index in [-0.39, 0.29) is 16.8 Å². The van der Waals surface area contributed by atoms with Crippen LogP contribution in [0.1, 0.15) is 28.4 Å². The van der Waals surface area contributed by atoms with E-state index < -0.39 is 11.3 Å². The molecule has 3 rings (SSSR count). The number of ketones is 1. The lowest BCUT2D eigenvalue weighted by Crippen LogP contribution is -2.16. The number of nitrogens with one attached hydrogen (secondary N) is 1. The highest BCUT2D eigenvalue weighted by atomic mass is 16.3. The van der Waals surface area contributed by atoms with Gasteiger partial charge in [-0.15, -0.1) is 0 Å². The van der Waals surface area contributed by atoms with Crippen molar-refractivity contribution in [3.8, 4) is 5.75 Å². The van der Waals surface area contributed by atoms with Crippen molar-refractivity contribution in [2.24, 2.45) is 0 Å². The Kier molecular flexibility index (Phi) is 3.47. The van der Waals surface area contributed by atoms with Crippen molar-refractivity contribution in [1.29, 1.82) is 0 Å². The molecule has 2 N–H and O–H groups in total. The Labute approximate surface area is 126 Å². The van der Waals surface area contributed by atoms with Gasteiger partial charge in [0.25, 0.3) is 5.56 Å². The van der Waals surface area contributed by atoms with Gasteiger partial charge in [0.05, 0.1) is 5.52 Å². The second kappa shape index (κ2) is 5.44. The molecule has 0 saturated heterocycles. The largest absolute Gasteiger partial charge is 0.505 e. The first-order valence-electron chi connectivity index (χ1n) is 6.85. The number of hydrogen-bond donors (Lipinski definition) is 2. The Hall–Kier alpha value is -2.95. The Morgan fingerprint density at radius 2 is 1.95 bits per heavy atom. The number of benzene rings is 1. The number of nitrogens with zero attached hydrogens (tertiary/aromatic N) is 1. The van der Waals surface area contributed by atoms with Gasteiger partial charge in [-0.05, 0) is 30.5 Å². The molecule has 5 heteroatoms. The van der Waals surface area contributed by atoms with Gasteiger partial charge in [-0.2, -0.15) is 0 Å². The van der Waals surface area contributed by atoms with E-state index in [4.69, 9.17) is 0 Å². The highest BCUT2D eigenvalue weighted by Gasteiger charge is 2.16. The average molecular weight is 294 g/mol. The molecular weight excluding hydrogens is 280 g/mol. The molecule has 0 unspecified atom stereocenters. The molecule has 0 radical (unpaired) electrons. The SMILES string of the molecule is CC(=O)c1c(O)c2ncc(Cc3ccccc3)cc2[nH]c1=O. The summed E-state index contributed by atoms with van der Waals surface area (Å²) in [5, 5.41) is 10.1. The lowest BCUT2D eigenvalue weighted by molar-refractivity contribution is 0.101. The maximum Gasteiger partial charge on any atom is 0.263 e. The van der Waals surface area contributed by atoms with Gasteiger partial charge in [-0.3, -0.25) is 14.6 Å². The number of pyridine rings is 2. The molecule has 110 valence electrons. The van der Waals surface area contributed by atoms with E-state index in [0.717, 1.165) is 11.1 Å². The standard InChI is InChI=1S/C17H14N2O3/c1-10(20)14-16(21)15-13(19-17(14)22)8-12(9-18-15)7-11-5-3-2-4-6-11/h2-6,8-9H,7H2,1H3,(H2,19,21,22). The summed E-state index contributed by atoms with van der Waals surface area (Å²) in [5.74, 6) is -0.853. The van der Waals surface area contributed by atoms with Crippen molar-refractivity contribution in [3.05, 3.63) is 69.6 Å². The number of hydrogen-bond acceptors (Lipinski definition) is 4. The molecule has 2 heterocycles. The summed E-state index contributed by atoms with van der Waals surface area (Å²) in [5.41, 5.74) is 1.81. The highest BCUT2D eigenvalue weighted by Crippen LogP contribution is 2.24. The van der Waals surface area contributed by atoms with Crippen LogP contribution in [0.5, 0.6) is 5.75 Å². The Bertz CT molecular complexity index is 914. The van der Waals surface area contributed by atoms with E-state index in [2.05, 4.69) is 9.97 Å². The summed E-state index contributed by atoms with van der Waals surface area (Å²) >= 11 is 0. The quantitative estimate of drug-likeness (QED) is 0.727. The molecule has 0 saturated carbocycles. The molecule has 0 bridgehead atoms. The lowest BCUT2D eigenvalue weighted by atomic mass is 10.1. The summed E-state index contributed by atoms with van der Waals surface area (Å²) in [6, 6.07) is 11.6. The molecule has 5 nitrogen and oxygen atoms in total. The van der Waals surface area contributed by atoms with Crippen LogP contribution < -0.4 is 5.56 Å². The molecule has 0 aliphatic heterocycles. The number of rotatable bonds is 3. The van der Waals surface area contributed by atoms with Crippen molar-refractivity contribution in [2.75, 3.05) is 0 Å². The van der Waals surface area contributed by atoms with E-state index in [9.17, 15) is 14.7 Å². The van der Waals surface area contributed by atoms with Crippen LogP contribution in [-0.2, 0) is 6.42 Å². The topological polar surface area (TPSA) is 83.0 Å². The molecule has 0 spiro atoms. The van der Waals surface area contributed by atoms with Gasteiger partial charge < -0.3 is 10.1 Å². The maximum absolute atomic E-state index is 11.9. The predicted molar refractivity (Wildman–Crippen MR) is 83.3 cm³/mol. The highest BCUT2D eigenvalue weighted by molar-refractivity contribution is 6.00. The molecule has 0 fully saturated rings. The van der Waals surface area contributed by atoms with Crippen LogP contribution >= 0.6 is 0 Å². The maximum atomic E-state index is 11.9. The molecule has 0 amide bonds. The number of carbonyl (C=O) groups is 1. The van der Waals surface area contributed by atoms with E-state index in [1.165, 1.54) is 6.92 Å². The minimum absolute atomic E-state index is 0.224. The van der Waals surface area contributed by atoms with Crippen molar-refractivity contribution >= 4 is 16.8 Å².